The monoisotopic (exact) mass is 764 g/mol. The highest BCUT2D eigenvalue weighted by Crippen LogP contribution is 2.49. The topological polar surface area (TPSA) is 156 Å². The van der Waals surface area contributed by atoms with E-state index >= 15 is 0 Å². The Labute approximate surface area is 321 Å². The molecule has 0 radical (unpaired) electrons. The molecule has 14 heteroatoms. The zero-order valence-electron chi connectivity index (χ0n) is 33.1. The lowest BCUT2D eigenvalue weighted by Gasteiger charge is -2.34. The normalized spacial score (nSPS) is 21.9. The molecule has 14 nitrogen and oxygen atoms in total. The van der Waals surface area contributed by atoms with Crippen molar-refractivity contribution in [2.45, 2.75) is 136 Å². The van der Waals surface area contributed by atoms with E-state index in [0.29, 0.717) is 47.5 Å². The number of likely N-dealkylation sites (tertiary alicyclic amines) is 2. The van der Waals surface area contributed by atoms with Crippen LogP contribution in [0.2, 0.25) is 0 Å². The number of carbonyl (C=O) groups is 5. The number of hydrogen-bond acceptors (Lipinski definition) is 12. The van der Waals surface area contributed by atoms with Gasteiger partial charge in [-0.1, -0.05) is 0 Å². The SMILES string of the molecule is CO[C@@H](OCC(=O)c1cc2c3c(c1)OCc1cc(C(=O)COC(=O)[C@@H]4CC[C@H](C)N4C(=O)OC(C)(C)C)cc(c1-3)OC2)[C@@H]1CC[C@H](C)N1C(=O)OC(C)(C)C. The van der Waals surface area contributed by atoms with Gasteiger partial charge in [-0.2, -0.15) is 0 Å². The van der Waals surface area contributed by atoms with Gasteiger partial charge in [-0.05, 0) is 105 Å². The van der Waals surface area contributed by atoms with Crippen molar-refractivity contribution in [2.24, 2.45) is 0 Å². The van der Waals surface area contributed by atoms with Crippen LogP contribution in [0, 0.1) is 0 Å². The smallest absolute Gasteiger partial charge is 0.411 e. The van der Waals surface area contributed by atoms with Crippen LogP contribution in [0.15, 0.2) is 24.3 Å². The molecule has 6 rings (SSSR count). The lowest BCUT2D eigenvalue weighted by atomic mass is 9.87. The predicted octanol–water partition coefficient (Wildman–Crippen LogP) is 6.61. The van der Waals surface area contributed by atoms with E-state index in [2.05, 4.69) is 0 Å². The Morgan fingerprint density at radius 2 is 1.20 bits per heavy atom. The van der Waals surface area contributed by atoms with E-state index in [1.54, 1.807) is 49.9 Å². The first-order valence-corrected chi connectivity index (χ1v) is 18.8. The molecule has 0 aromatic heterocycles. The maximum absolute atomic E-state index is 13.5. The minimum atomic E-state index is -0.843. The molecule has 2 aromatic carbocycles. The van der Waals surface area contributed by atoms with Crippen LogP contribution in [0.4, 0.5) is 9.59 Å². The number of ether oxygens (including phenoxy) is 7. The molecule has 2 aromatic rings. The molecule has 4 heterocycles. The highest BCUT2D eigenvalue weighted by Gasteiger charge is 2.44. The molecule has 4 aliphatic rings. The Morgan fingerprint density at radius 3 is 1.73 bits per heavy atom. The summed E-state index contributed by atoms with van der Waals surface area (Å²) in [7, 11) is 1.48. The highest BCUT2D eigenvalue weighted by molar-refractivity contribution is 6.02. The lowest BCUT2D eigenvalue weighted by molar-refractivity contribution is -0.151. The van der Waals surface area contributed by atoms with Crippen LogP contribution in [0.5, 0.6) is 11.5 Å². The fourth-order valence-electron chi connectivity index (χ4n) is 7.65. The predicted molar refractivity (Wildman–Crippen MR) is 198 cm³/mol. The third kappa shape index (κ3) is 8.60. The highest BCUT2D eigenvalue weighted by atomic mass is 16.7. The summed E-state index contributed by atoms with van der Waals surface area (Å²) in [5.41, 5.74) is 2.29. The summed E-state index contributed by atoms with van der Waals surface area (Å²) in [4.78, 5) is 68.9. The average molecular weight is 765 g/mol. The van der Waals surface area contributed by atoms with Gasteiger partial charge in [0, 0.05) is 52.6 Å². The zero-order valence-corrected chi connectivity index (χ0v) is 33.1. The number of rotatable bonds is 10. The number of ketones is 2. The third-order valence-corrected chi connectivity index (χ3v) is 10.2. The molecule has 0 aliphatic carbocycles. The van der Waals surface area contributed by atoms with Crippen LogP contribution in [-0.4, -0.2) is 102 Å². The van der Waals surface area contributed by atoms with Gasteiger partial charge in [0.25, 0.3) is 0 Å². The van der Waals surface area contributed by atoms with E-state index in [1.807, 2.05) is 34.6 Å². The third-order valence-electron chi connectivity index (χ3n) is 10.2. The number of esters is 1. The van der Waals surface area contributed by atoms with E-state index in [9.17, 15) is 24.0 Å². The summed E-state index contributed by atoms with van der Waals surface area (Å²) >= 11 is 0. The Kier molecular flexibility index (Phi) is 11.2. The Hall–Kier alpha value is -4.69. The van der Waals surface area contributed by atoms with Gasteiger partial charge in [0.1, 0.15) is 48.6 Å². The number of Topliss-reactive ketones (excluding diaryl/α,β-unsaturated/α-hetero) is 2. The number of amides is 2. The van der Waals surface area contributed by atoms with Gasteiger partial charge < -0.3 is 33.2 Å². The minimum Gasteiger partial charge on any atom is -0.488 e. The van der Waals surface area contributed by atoms with Gasteiger partial charge in [-0.25, -0.2) is 14.4 Å². The molecule has 2 amide bonds. The first-order chi connectivity index (χ1) is 25.8. The van der Waals surface area contributed by atoms with Gasteiger partial charge in [0.15, 0.2) is 24.5 Å². The fourth-order valence-corrected chi connectivity index (χ4v) is 7.65. The van der Waals surface area contributed by atoms with Gasteiger partial charge in [-0.15, -0.1) is 0 Å². The van der Waals surface area contributed by atoms with Crippen molar-refractivity contribution in [1.82, 2.24) is 9.80 Å². The van der Waals surface area contributed by atoms with Gasteiger partial charge in [0.05, 0.1) is 6.04 Å². The molecule has 0 saturated carbocycles. The number of hydrogen-bond donors (Lipinski definition) is 0. The molecule has 0 spiro atoms. The summed E-state index contributed by atoms with van der Waals surface area (Å²) in [6.45, 7) is 13.9. The molecule has 55 heavy (non-hydrogen) atoms. The van der Waals surface area contributed by atoms with Crippen LogP contribution in [0.25, 0.3) is 11.1 Å². The molecule has 0 unspecified atom stereocenters. The zero-order chi connectivity index (χ0) is 40.0. The molecule has 2 saturated heterocycles. The van der Waals surface area contributed by atoms with Crippen molar-refractivity contribution in [3.63, 3.8) is 0 Å². The Balaban J connectivity index is 1.11. The van der Waals surface area contributed by atoms with E-state index < -0.39 is 60.1 Å². The van der Waals surface area contributed by atoms with Crippen molar-refractivity contribution in [3.8, 4) is 22.6 Å². The first-order valence-electron chi connectivity index (χ1n) is 18.8. The van der Waals surface area contributed by atoms with E-state index in [0.717, 1.165) is 23.1 Å². The second-order valence-corrected chi connectivity index (χ2v) is 16.7. The van der Waals surface area contributed by atoms with Crippen molar-refractivity contribution in [1.29, 1.82) is 0 Å². The maximum Gasteiger partial charge on any atom is 0.411 e. The van der Waals surface area contributed by atoms with Crippen molar-refractivity contribution < 1.29 is 57.1 Å². The summed E-state index contributed by atoms with van der Waals surface area (Å²) in [5, 5.41) is 0. The second-order valence-electron chi connectivity index (χ2n) is 16.7. The number of carbonyl (C=O) groups excluding carboxylic acids is 5. The number of nitrogens with zero attached hydrogens (tertiary/aromatic N) is 2. The Morgan fingerprint density at radius 1 is 0.709 bits per heavy atom. The van der Waals surface area contributed by atoms with Gasteiger partial charge in [-0.3, -0.25) is 19.4 Å². The quantitative estimate of drug-likeness (QED) is 0.111. The fraction of sp³-hybridized carbons (Fsp3) is 0.585. The van der Waals surface area contributed by atoms with E-state index in [1.165, 1.54) is 12.0 Å². The average Bonchev–Trinajstić information content (AvgIpc) is 3.70. The van der Waals surface area contributed by atoms with E-state index in [-0.39, 0.29) is 37.7 Å². The van der Waals surface area contributed by atoms with Crippen LogP contribution in [0.1, 0.15) is 113 Å². The molecular formula is C41H52N2O12. The number of methoxy groups -OCH3 is 1. The standard InChI is InChI=1S/C41H52N2O12/c1-22-10-12-28(42(22)38(47)54-40(3,4)5)36(46)52-20-30(44)24-14-26-18-51-33-17-25(15-27-19-50-32(16-24)34(26)35(27)33)31(45)21-53-37(49-9)29-13-11-23(2)43(29)39(48)55-41(6,7)8/h14-17,22-23,28-29,37H,10-13,18-21H2,1-9H3/t22-,23-,28-,29-,37-/m0/s1. The lowest BCUT2D eigenvalue weighted by Crippen LogP contribution is -2.49. The molecule has 0 bridgehead atoms. The van der Waals surface area contributed by atoms with Crippen LogP contribution in [0.3, 0.4) is 0 Å². The second kappa shape index (κ2) is 15.4. The van der Waals surface area contributed by atoms with Crippen molar-refractivity contribution in [3.05, 3.63) is 46.5 Å². The van der Waals surface area contributed by atoms with Crippen LogP contribution < -0.4 is 9.47 Å². The Bertz CT molecular complexity index is 1810. The summed E-state index contributed by atoms with van der Waals surface area (Å²) in [6, 6.07) is 5.20. The van der Waals surface area contributed by atoms with Crippen molar-refractivity contribution in [2.75, 3.05) is 20.3 Å². The van der Waals surface area contributed by atoms with Crippen LogP contribution in [-0.2, 0) is 41.7 Å². The van der Waals surface area contributed by atoms with Gasteiger partial charge >= 0.3 is 18.2 Å². The molecule has 0 N–H and O–H groups in total. The molecule has 5 atom stereocenters. The first kappa shape index (κ1) is 40.0. The maximum atomic E-state index is 13.5. The van der Waals surface area contributed by atoms with E-state index in [4.69, 9.17) is 33.2 Å². The molecule has 2 fully saturated rings. The summed E-state index contributed by atoms with van der Waals surface area (Å²) in [5.74, 6) is -0.400. The summed E-state index contributed by atoms with van der Waals surface area (Å²) in [6.07, 6.45) is 0.507. The number of benzene rings is 2. The van der Waals surface area contributed by atoms with Gasteiger partial charge in [0.2, 0.25) is 0 Å². The minimum absolute atomic E-state index is 0.0773. The molecular weight excluding hydrogens is 712 g/mol. The summed E-state index contributed by atoms with van der Waals surface area (Å²) < 4.78 is 40.5. The van der Waals surface area contributed by atoms with Crippen LogP contribution >= 0.6 is 0 Å². The van der Waals surface area contributed by atoms with Crippen molar-refractivity contribution >= 4 is 29.7 Å². The largest absolute Gasteiger partial charge is 0.488 e. The molecule has 298 valence electrons. The molecule has 4 aliphatic heterocycles.